The average Bonchev–Trinajstić information content (AvgIpc) is 2.79. The van der Waals surface area contributed by atoms with Crippen molar-refractivity contribution in [1.82, 2.24) is 10.2 Å². The smallest absolute Gasteiger partial charge is 0.193 e. The summed E-state index contributed by atoms with van der Waals surface area (Å²) in [7, 11) is 1.86. The number of piperidine rings is 1. The number of unbranched alkanes of at least 4 members (excludes halogenated alkanes) is 1. The predicted molar refractivity (Wildman–Crippen MR) is 117 cm³/mol. The van der Waals surface area contributed by atoms with Crippen molar-refractivity contribution in [3.63, 3.8) is 0 Å². The predicted octanol–water partition coefficient (Wildman–Crippen LogP) is 3.47. The lowest BCUT2D eigenvalue weighted by atomic mass is 10.1. The molecule has 0 spiro atoms. The summed E-state index contributed by atoms with van der Waals surface area (Å²) in [6.07, 6.45) is 8.47. The van der Waals surface area contributed by atoms with Gasteiger partial charge in [-0.15, -0.1) is 0 Å². The molecule has 1 atom stereocenters. The van der Waals surface area contributed by atoms with Crippen molar-refractivity contribution < 1.29 is 14.2 Å². The van der Waals surface area contributed by atoms with Crippen molar-refractivity contribution in [2.75, 3.05) is 46.5 Å². The third kappa shape index (κ3) is 7.86. The second-order valence-corrected chi connectivity index (χ2v) is 7.85. The van der Waals surface area contributed by atoms with Crippen LogP contribution in [0, 0.1) is 0 Å². The Hall–Kier alpha value is -1.79. The Morgan fingerprint density at radius 1 is 1.14 bits per heavy atom. The Morgan fingerprint density at radius 2 is 1.97 bits per heavy atom. The molecule has 2 aliphatic heterocycles. The Kier molecular flexibility index (Phi) is 9.60. The molecule has 1 N–H and O–H groups in total. The van der Waals surface area contributed by atoms with E-state index in [2.05, 4.69) is 15.2 Å². The van der Waals surface area contributed by atoms with Crippen molar-refractivity contribution in [2.45, 2.75) is 57.2 Å². The van der Waals surface area contributed by atoms with Gasteiger partial charge in [-0.3, -0.25) is 4.99 Å². The van der Waals surface area contributed by atoms with E-state index in [1.165, 1.54) is 12.8 Å². The minimum Gasteiger partial charge on any atom is -0.494 e. The number of benzene rings is 1. The van der Waals surface area contributed by atoms with E-state index in [9.17, 15) is 0 Å². The van der Waals surface area contributed by atoms with E-state index in [-0.39, 0.29) is 0 Å². The van der Waals surface area contributed by atoms with Crippen molar-refractivity contribution in [1.29, 1.82) is 0 Å². The molecule has 3 rings (SSSR count). The minimum atomic E-state index is 0.307. The summed E-state index contributed by atoms with van der Waals surface area (Å²) in [5.74, 6) is 1.94. The molecule has 0 aromatic heterocycles. The molecule has 6 nitrogen and oxygen atoms in total. The molecular formula is C23H37N3O3. The van der Waals surface area contributed by atoms with Crippen LogP contribution in [-0.4, -0.2) is 69.6 Å². The van der Waals surface area contributed by atoms with E-state index < -0.39 is 0 Å². The van der Waals surface area contributed by atoms with Gasteiger partial charge in [0, 0.05) is 33.3 Å². The molecule has 29 heavy (non-hydrogen) atoms. The number of nitrogens with one attached hydrogen (secondary N) is 1. The quantitative estimate of drug-likeness (QED) is 0.389. The highest BCUT2D eigenvalue weighted by molar-refractivity contribution is 5.79. The van der Waals surface area contributed by atoms with Gasteiger partial charge in [0.2, 0.25) is 0 Å². The summed E-state index contributed by atoms with van der Waals surface area (Å²) in [5.41, 5.74) is 0. The number of guanidine groups is 1. The number of likely N-dealkylation sites (tertiary alicyclic amines) is 1. The Labute approximate surface area is 175 Å². The van der Waals surface area contributed by atoms with E-state index in [1.54, 1.807) is 0 Å². The van der Waals surface area contributed by atoms with Gasteiger partial charge in [0.15, 0.2) is 5.96 Å². The van der Waals surface area contributed by atoms with E-state index in [1.807, 2.05) is 37.4 Å². The third-order valence-corrected chi connectivity index (χ3v) is 5.61. The van der Waals surface area contributed by atoms with Gasteiger partial charge in [-0.25, -0.2) is 0 Å². The van der Waals surface area contributed by atoms with Crippen LogP contribution in [0.4, 0.5) is 0 Å². The molecule has 2 saturated heterocycles. The van der Waals surface area contributed by atoms with Crippen LogP contribution < -0.4 is 10.1 Å². The maximum absolute atomic E-state index is 6.12. The van der Waals surface area contributed by atoms with Crippen LogP contribution in [0.15, 0.2) is 35.3 Å². The van der Waals surface area contributed by atoms with Gasteiger partial charge < -0.3 is 24.4 Å². The van der Waals surface area contributed by atoms with E-state index in [0.29, 0.717) is 12.2 Å². The Balaban J connectivity index is 1.25. The zero-order chi connectivity index (χ0) is 20.2. The molecule has 0 bridgehead atoms. The van der Waals surface area contributed by atoms with Gasteiger partial charge in [0.1, 0.15) is 5.75 Å². The summed E-state index contributed by atoms with van der Waals surface area (Å²) in [6, 6.07) is 9.99. The second-order valence-electron chi connectivity index (χ2n) is 7.85. The second kappa shape index (κ2) is 12.7. The molecular weight excluding hydrogens is 366 g/mol. The van der Waals surface area contributed by atoms with E-state index in [4.69, 9.17) is 14.2 Å². The number of nitrogens with zero attached hydrogens (tertiary/aromatic N) is 2. The zero-order valence-electron chi connectivity index (χ0n) is 17.9. The molecule has 2 fully saturated rings. The first-order chi connectivity index (χ1) is 14.3. The lowest BCUT2D eigenvalue weighted by molar-refractivity contribution is -0.0721. The standard InChI is InChI=1S/C23H37N3O3/c1-24-23(25-14-6-8-18-27-20-9-3-2-4-10-20)26-15-12-21(13-16-26)29-19-22-11-5-7-17-28-22/h2-4,9-10,21-22H,5-8,11-19H2,1H3,(H,24,25). The van der Waals surface area contributed by atoms with E-state index in [0.717, 1.165) is 83.3 Å². The monoisotopic (exact) mass is 403 g/mol. The molecule has 0 amide bonds. The number of para-hydroxylation sites is 1. The van der Waals surface area contributed by atoms with Crippen LogP contribution in [0.2, 0.25) is 0 Å². The number of aliphatic imine (C=N–C) groups is 1. The van der Waals surface area contributed by atoms with Gasteiger partial charge in [-0.05, 0) is 57.1 Å². The van der Waals surface area contributed by atoms with Crippen molar-refractivity contribution in [2.24, 2.45) is 4.99 Å². The molecule has 0 aliphatic carbocycles. The fraction of sp³-hybridized carbons (Fsp3) is 0.696. The number of hydrogen-bond acceptors (Lipinski definition) is 4. The van der Waals surface area contributed by atoms with Crippen molar-refractivity contribution in [3.8, 4) is 5.75 Å². The van der Waals surface area contributed by atoms with Gasteiger partial charge in [-0.1, -0.05) is 18.2 Å². The summed E-state index contributed by atoms with van der Waals surface area (Å²) < 4.78 is 17.6. The van der Waals surface area contributed by atoms with Crippen LogP contribution in [0.25, 0.3) is 0 Å². The van der Waals surface area contributed by atoms with Crippen molar-refractivity contribution >= 4 is 5.96 Å². The van der Waals surface area contributed by atoms with Crippen LogP contribution in [0.5, 0.6) is 5.75 Å². The zero-order valence-corrected chi connectivity index (χ0v) is 17.9. The summed E-state index contributed by atoms with van der Waals surface area (Å²) in [6.45, 7) is 5.30. The maximum Gasteiger partial charge on any atom is 0.193 e. The third-order valence-electron chi connectivity index (χ3n) is 5.61. The van der Waals surface area contributed by atoms with Gasteiger partial charge in [0.25, 0.3) is 0 Å². The highest BCUT2D eigenvalue weighted by Gasteiger charge is 2.23. The first-order valence-corrected chi connectivity index (χ1v) is 11.2. The molecule has 2 heterocycles. The topological polar surface area (TPSA) is 55.3 Å². The first kappa shape index (κ1) is 21.9. The summed E-state index contributed by atoms with van der Waals surface area (Å²) in [5, 5.41) is 3.50. The molecule has 1 unspecified atom stereocenters. The molecule has 0 saturated carbocycles. The van der Waals surface area contributed by atoms with Crippen LogP contribution in [-0.2, 0) is 9.47 Å². The molecule has 0 radical (unpaired) electrons. The van der Waals surface area contributed by atoms with Gasteiger partial charge in [-0.2, -0.15) is 0 Å². The fourth-order valence-corrected chi connectivity index (χ4v) is 3.88. The van der Waals surface area contributed by atoms with Crippen LogP contribution >= 0.6 is 0 Å². The Morgan fingerprint density at radius 3 is 2.69 bits per heavy atom. The maximum atomic E-state index is 6.12. The lowest BCUT2D eigenvalue weighted by Crippen LogP contribution is -2.47. The normalized spacial score (nSPS) is 21.2. The molecule has 162 valence electrons. The van der Waals surface area contributed by atoms with Gasteiger partial charge in [0.05, 0.1) is 25.4 Å². The SMILES string of the molecule is CN=C(NCCCCOc1ccccc1)N1CCC(OCC2CCCCO2)CC1. The largest absolute Gasteiger partial charge is 0.494 e. The molecule has 2 aliphatic rings. The molecule has 6 heteroatoms. The highest BCUT2D eigenvalue weighted by atomic mass is 16.5. The lowest BCUT2D eigenvalue weighted by Gasteiger charge is -2.35. The Bertz CT molecular complexity index is 582. The van der Waals surface area contributed by atoms with Crippen LogP contribution in [0.3, 0.4) is 0 Å². The van der Waals surface area contributed by atoms with Crippen molar-refractivity contribution in [3.05, 3.63) is 30.3 Å². The first-order valence-electron chi connectivity index (χ1n) is 11.2. The fourth-order valence-electron chi connectivity index (χ4n) is 3.88. The number of ether oxygens (including phenoxy) is 3. The number of rotatable bonds is 9. The van der Waals surface area contributed by atoms with Gasteiger partial charge >= 0.3 is 0 Å². The average molecular weight is 404 g/mol. The van der Waals surface area contributed by atoms with E-state index >= 15 is 0 Å². The molecule has 1 aromatic carbocycles. The summed E-state index contributed by atoms with van der Waals surface area (Å²) in [4.78, 5) is 6.81. The molecule has 1 aromatic rings. The highest BCUT2D eigenvalue weighted by Crippen LogP contribution is 2.18. The number of hydrogen-bond donors (Lipinski definition) is 1. The van der Waals surface area contributed by atoms with Crippen LogP contribution in [0.1, 0.15) is 44.9 Å². The summed E-state index contributed by atoms with van der Waals surface area (Å²) >= 11 is 0. The minimum absolute atomic E-state index is 0.307.